The van der Waals surface area contributed by atoms with Gasteiger partial charge in [0.15, 0.2) is 0 Å². The van der Waals surface area contributed by atoms with Gasteiger partial charge in [-0.05, 0) is 30.3 Å². The van der Waals surface area contributed by atoms with Gasteiger partial charge in [-0.2, -0.15) is 0 Å². The first kappa shape index (κ1) is 11.9. The van der Waals surface area contributed by atoms with Crippen LogP contribution in [0.1, 0.15) is 33.6 Å². The third-order valence-corrected chi connectivity index (χ3v) is 2.74. The maximum absolute atomic E-state index is 4.04. The van der Waals surface area contributed by atoms with Crippen molar-refractivity contribution in [3.63, 3.8) is 0 Å². The molecule has 0 spiro atoms. The molecule has 2 N–H and O–H groups in total. The summed E-state index contributed by atoms with van der Waals surface area (Å²) in [7, 11) is 0. The monoisotopic (exact) mass is 206 g/mol. The van der Waals surface area contributed by atoms with Crippen LogP contribution < -0.4 is 10.6 Å². The molecule has 84 valence electrons. The van der Waals surface area contributed by atoms with Gasteiger partial charge >= 0.3 is 0 Å². The van der Waals surface area contributed by atoms with Crippen LogP contribution in [0.2, 0.25) is 0 Å². The Kier molecular flexibility index (Phi) is 4.01. The lowest BCUT2D eigenvalue weighted by Crippen LogP contribution is -2.30. The standard InChI is InChI=1S/C13H22N2/c1-6-12(7-9(2)3)13-8-14-11(5)15-10(13)4/h8-9,12,14-15H,4-7H2,1-3H3. The smallest absolute Gasteiger partial charge is 0.0997 e. The Balaban J connectivity index is 2.75. The predicted octanol–water partition coefficient (Wildman–Crippen LogP) is 3.12. The molecule has 0 aromatic carbocycles. The Labute approximate surface area is 93.1 Å². The van der Waals surface area contributed by atoms with E-state index in [4.69, 9.17) is 0 Å². The van der Waals surface area contributed by atoms with E-state index in [0.29, 0.717) is 11.8 Å². The quantitative estimate of drug-likeness (QED) is 0.738. The molecule has 0 radical (unpaired) electrons. The Morgan fingerprint density at radius 1 is 1.33 bits per heavy atom. The van der Waals surface area contributed by atoms with Crippen LogP contribution in [0.15, 0.2) is 36.4 Å². The van der Waals surface area contributed by atoms with Gasteiger partial charge in [-0.15, -0.1) is 0 Å². The second-order valence-electron chi connectivity index (χ2n) is 4.56. The zero-order valence-electron chi connectivity index (χ0n) is 10.1. The van der Waals surface area contributed by atoms with E-state index in [9.17, 15) is 0 Å². The fraction of sp³-hybridized carbons (Fsp3) is 0.538. The first-order valence-corrected chi connectivity index (χ1v) is 5.66. The summed E-state index contributed by atoms with van der Waals surface area (Å²) >= 11 is 0. The first-order valence-electron chi connectivity index (χ1n) is 5.66. The molecule has 0 aromatic rings. The van der Waals surface area contributed by atoms with Crippen LogP contribution >= 0.6 is 0 Å². The molecular formula is C13H22N2. The van der Waals surface area contributed by atoms with Gasteiger partial charge in [-0.25, -0.2) is 0 Å². The number of hydrogen-bond donors (Lipinski definition) is 2. The summed E-state index contributed by atoms with van der Waals surface area (Å²) in [5, 5.41) is 6.27. The fourth-order valence-electron chi connectivity index (χ4n) is 1.99. The van der Waals surface area contributed by atoms with Crippen molar-refractivity contribution in [3.8, 4) is 0 Å². The molecule has 0 aliphatic carbocycles. The van der Waals surface area contributed by atoms with Crippen molar-refractivity contribution in [1.29, 1.82) is 0 Å². The highest BCUT2D eigenvalue weighted by Gasteiger charge is 2.19. The molecule has 1 aliphatic rings. The minimum Gasteiger partial charge on any atom is -0.348 e. The summed E-state index contributed by atoms with van der Waals surface area (Å²) in [5.41, 5.74) is 2.28. The minimum atomic E-state index is 0.589. The van der Waals surface area contributed by atoms with E-state index in [1.165, 1.54) is 12.0 Å². The van der Waals surface area contributed by atoms with E-state index in [2.05, 4.69) is 44.6 Å². The normalized spacial score (nSPS) is 18.3. The van der Waals surface area contributed by atoms with Gasteiger partial charge in [0, 0.05) is 11.9 Å². The molecule has 2 heteroatoms. The average molecular weight is 206 g/mol. The van der Waals surface area contributed by atoms with Crippen LogP contribution in [0.4, 0.5) is 0 Å². The molecule has 2 nitrogen and oxygen atoms in total. The maximum atomic E-state index is 4.04. The summed E-state index contributed by atoms with van der Waals surface area (Å²) < 4.78 is 0. The number of hydrogen-bond acceptors (Lipinski definition) is 2. The van der Waals surface area contributed by atoms with Crippen LogP contribution in [0.3, 0.4) is 0 Å². The first-order chi connectivity index (χ1) is 7.04. The molecule has 0 amide bonds. The van der Waals surface area contributed by atoms with E-state index < -0.39 is 0 Å². The summed E-state index contributed by atoms with van der Waals surface area (Å²) in [5.74, 6) is 2.11. The molecule has 1 rings (SSSR count). The molecule has 1 unspecified atom stereocenters. The van der Waals surface area contributed by atoms with Gasteiger partial charge in [0.2, 0.25) is 0 Å². The van der Waals surface area contributed by atoms with Crippen molar-refractivity contribution in [1.82, 2.24) is 10.6 Å². The summed E-state index contributed by atoms with van der Waals surface area (Å²) in [4.78, 5) is 0. The van der Waals surface area contributed by atoms with E-state index in [-0.39, 0.29) is 0 Å². The highest BCUT2D eigenvalue weighted by Crippen LogP contribution is 2.28. The van der Waals surface area contributed by atoms with Crippen LogP contribution in [0, 0.1) is 11.8 Å². The van der Waals surface area contributed by atoms with Crippen LogP contribution in [-0.2, 0) is 0 Å². The number of allylic oxidation sites excluding steroid dienone is 1. The zero-order chi connectivity index (χ0) is 11.4. The van der Waals surface area contributed by atoms with Crippen molar-refractivity contribution < 1.29 is 0 Å². The average Bonchev–Trinajstić information content (AvgIpc) is 2.14. The Morgan fingerprint density at radius 3 is 2.47 bits per heavy atom. The van der Waals surface area contributed by atoms with Gasteiger partial charge < -0.3 is 10.6 Å². The summed E-state index contributed by atoms with van der Waals surface area (Å²) in [6.07, 6.45) is 4.40. The topological polar surface area (TPSA) is 24.1 Å². The zero-order valence-corrected chi connectivity index (χ0v) is 10.1. The van der Waals surface area contributed by atoms with Crippen molar-refractivity contribution in [2.45, 2.75) is 33.6 Å². The highest BCUT2D eigenvalue weighted by molar-refractivity contribution is 5.35. The molecule has 1 atom stereocenters. The van der Waals surface area contributed by atoms with Crippen LogP contribution in [0.5, 0.6) is 0 Å². The minimum absolute atomic E-state index is 0.589. The lowest BCUT2D eigenvalue weighted by atomic mass is 9.86. The second kappa shape index (κ2) is 5.06. The summed E-state index contributed by atoms with van der Waals surface area (Å²) in [6.45, 7) is 14.6. The van der Waals surface area contributed by atoms with Crippen molar-refractivity contribution in [2.75, 3.05) is 0 Å². The van der Waals surface area contributed by atoms with E-state index in [1.807, 2.05) is 6.20 Å². The van der Waals surface area contributed by atoms with Crippen molar-refractivity contribution >= 4 is 0 Å². The van der Waals surface area contributed by atoms with E-state index in [0.717, 1.165) is 17.9 Å². The lowest BCUT2D eigenvalue weighted by molar-refractivity contribution is 0.444. The fourth-order valence-corrected chi connectivity index (χ4v) is 1.99. The molecule has 0 saturated carbocycles. The number of rotatable bonds is 4. The maximum Gasteiger partial charge on any atom is 0.0997 e. The van der Waals surface area contributed by atoms with Gasteiger partial charge in [0.25, 0.3) is 0 Å². The van der Waals surface area contributed by atoms with Crippen LogP contribution in [-0.4, -0.2) is 0 Å². The second-order valence-corrected chi connectivity index (χ2v) is 4.56. The molecule has 15 heavy (non-hydrogen) atoms. The Hall–Kier alpha value is -1.18. The van der Waals surface area contributed by atoms with Gasteiger partial charge in [-0.1, -0.05) is 33.9 Å². The van der Waals surface area contributed by atoms with Crippen molar-refractivity contribution in [3.05, 3.63) is 36.4 Å². The third-order valence-electron chi connectivity index (χ3n) is 2.74. The predicted molar refractivity (Wildman–Crippen MR) is 65.9 cm³/mol. The molecular weight excluding hydrogens is 184 g/mol. The van der Waals surface area contributed by atoms with E-state index >= 15 is 0 Å². The van der Waals surface area contributed by atoms with Crippen molar-refractivity contribution in [2.24, 2.45) is 11.8 Å². The summed E-state index contributed by atoms with van der Waals surface area (Å²) in [6, 6.07) is 0. The molecule has 0 saturated heterocycles. The largest absolute Gasteiger partial charge is 0.348 e. The highest BCUT2D eigenvalue weighted by atomic mass is 15.1. The number of nitrogens with one attached hydrogen (secondary N) is 2. The van der Waals surface area contributed by atoms with Gasteiger partial charge in [-0.3, -0.25) is 0 Å². The SMILES string of the molecule is C=C1NC=C(C(CC)CC(C)C)C(=C)N1. The van der Waals surface area contributed by atoms with Gasteiger partial charge in [0.1, 0.15) is 0 Å². The molecule has 0 aromatic heterocycles. The van der Waals surface area contributed by atoms with Crippen LogP contribution in [0.25, 0.3) is 0 Å². The van der Waals surface area contributed by atoms with E-state index in [1.54, 1.807) is 0 Å². The van der Waals surface area contributed by atoms with Gasteiger partial charge in [0.05, 0.1) is 5.82 Å². The molecule has 1 aliphatic heterocycles. The molecule has 0 bridgehead atoms. The Morgan fingerprint density at radius 2 is 2.00 bits per heavy atom. The molecule has 1 heterocycles. The molecule has 0 fully saturated rings. The third kappa shape index (κ3) is 3.15. The Bertz CT molecular complexity index is 287. The lowest BCUT2D eigenvalue weighted by Gasteiger charge is -2.27.